The molecular weight excluding hydrogens is 411 g/mol. The average Bonchev–Trinajstić information content (AvgIpc) is 2.96. The highest BCUT2D eigenvalue weighted by atomic mass is 32.2. The van der Waals surface area contributed by atoms with E-state index in [1.165, 1.54) is 28.3 Å². The predicted molar refractivity (Wildman–Crippen MR) is 125 cm³/mol. The first-order valence-corrected chi connectivity index (χ1v) is 11.3. The number of fused-ring (bicyclic) bond motifs is 1. The number of hydrogen-bond donors (Lipinski definition) is 0. The summed E-state index contributed by atoms with van der Waals surface area (Å²) in [5.74, 6) is -0.242. The third-order valence-corrected chi connectivity index (χ3v) is 7.34. The molecule has 2 aliphatic heterocycles. The molecule has 2 heterocycles. The van der Waals surface area contributed by atoms with Crippen LogP contribution >= 0.6 is 11.8 Å². The van der Waals surface area contributed by atoms with Crippen molar-refractivity contribution in [3.8, 4) is 0 Å². The Labute approximate surface area is 187 Å². The number of carbonyl (C=O) groups excluding carboxylic acids is 2. The fourth-order valence-corrected chi connectivity index (χ4v) is 5.27. The van der Waals surface area contributed by atoms with Gasteiger partial charge in [0.25, 0.3) is 11.1 Å². The van der Waals surface area contributed by atoms with E-state index < -0.39 is 0 Å². The fraction of sp³-hybridized carbons (Fsp3) is 0.360. The lowest BCUT2D eigenvalue weighted by Gasteiger charge is -2.45. The van der Waals surface area contributed by atoms with Crippen LogP contribution in [0.15, 0.2) is 41.3 Å². The summed E-state index contributed by atoms with van der Waals surface area (Å²) in [6.45, 7) is 8.93. The standard InChI is InChI=1S/C25H27FN2O2S/c1-15-10-21-20(16(2)13-25(3,4)27(21)5)11-18(15)12-22-23(29)28(24(30)31-22)14-17-6-8-19(26)9-7-17/h6-12,16H,13-14H2,1-5H3/b22-12-/t16-/m0/s1. The largest absolute Gasteiger partial charge is 0.369 e. The first-order valence-electron chi connectivity index (χ1n) is 10.4. The van der Waals surface area contributed by atoms with Gasteiger partial charge in [0, 0.05) is 18.3 Å². The van der Waals surface area contributed by atoms with E-state index >= 15 is 0 Å². The molecule has 0 radical (unpaired) electrons. The number of benzene rings is 2. The van der Waals surface area contributed by atoms with Crippen LogP contribution in [-0.2, 0) is 11.3 Å². The minimum absolute atomic E-state index is 0.0867. The quantitative estimate of drug-likeness (QED) is 0.544. The van der Waals surface area contributed by atoms with E-state index in [-0.39, 0.29) is 29.0 Å². The van der Waals surface area contributed by atoms with E-state index in [2.05, 4.69) is 44.9 Å². The normalized spacial score (nSPS) is 21.7. The van der Waals surface area contributed by atoms with Gasteiger partial charge in [-0.05, 0) is 97.5 Å². The molecule has 1 atom stereocenters. The lowest BCUT2D eigenvalue weighted by Crippen LogP contribution is -2.45. The van der Waals surface area contributed by atoms with E-state index in [1.54, 1.807) is 12.1 Å². The Kier molecular flexibility index (Phi) is 5.46. The lowest BCUT2D eigenvalue weighted by molar-refractivity contribution is -0.123. The number of halogens is 1. The van der Waals surface area contributed by atoms with Crippen molar-refractivity contribution < 1.29 is 14.0 Å². The summed E-state index contributed by atoms with van der Waals surface area (Å²) in [5, 5.41) is -0.300. The van der Waals surface area contributed by atoms with Crippen LogP contribution in [-0.4, -0.2) is 28.6 Å². The van der Waals surface area contributed by atoms with Gasteiger partial charge in [0.05, 0.1) is 11.4 Å². The summed E-state index contributed by atoms with van der Waals surface area (Å²) in [4.78, 5) is 29.4. The Morgan fingerprint density at radius 1 is 1.19 bits per heavy atom. The number of nitrogens with zero attached hydrogens (tertiary/aromatic N) is 2. The molecule has 31 heavy (non-hydrogen) atoms. The molecule has 2 aliphatic rings. The Hall–Kier alpha value is -2.60. The van der Waals surface area contributed by atoms with Gasteiger partial charge in [-0.2, -0.15) is 0 Å². The molecule has 0 N–H and O–H groups in total. The Morgan fingerprint density at radius 3 is 2.55 bits per heavy atom. The van der Waals surface area contributed by atoms with E-state index in [9.17, 15) is 14.0 Å². The SMILES string of the molecule is Cc1cc2c(cc1/C=C1\SC(=O)N(Cc3ccc(F)cc3)C1=O)[C@@H](C)CC(C)(C)N2C. The molecule has 0 unspecified atom stereocenters. The molecule has 1 fully saturated rings. The number of amides is 2. The molecule has 4 nitrogen and oxygen atoms in total. The molecular formula is C25H27FN2O2S. The predicted octanol–water partition coefficient (Wildman–Crippen LogP) is 6.09. The second-order valence-corrected chi connectivity index (χ2v) is 10.1. The first-order chi connectivity index (χ1) is 14.6. The van der Waals surface area contributed by atoms with Crippen LogP contribution in [0, 0.1) is 12.7 Å². The zero-order valence-corrected chi connectivity index (χ0v) is 19.3. The number of rotatable bonds is 3. The van der Waals surface area contributed by atoms with Gasteiger partial charge < -0.3 is 4.90 Å². The van der Waals surface area contributed by atoms with E-state index in [1.807, 2.05) is 13.0 Å². The summed E-state index contributed by atoms with van der Waals surface area (Å²) in [7, 11) is 2.13. The highest BCUT2D eigenvalue weighted by Crippen LogP contribution is 2.44. The molecule has 2 amide bonds. The second-order valence-electron chi connectivity index (χ2n) is 9.14. The van der Waals surface area contributed by atoms with Gasteiger partial charge in [0.15, 0.2) is 0 Å². The minimum atomic E-state index is -0.344. The van der Waals surface area contributed by atoms with Gasteiger partial charge in [-0.15, -0.1) is 0 Å². The van der Waals surface area contributed by atoms with Gasteiger partial charge in [-0.1, -0.05) is 19.1 Å². The monoisotopic (exact) mass is 438 g/mol. The van der Waals surface area contributed by atoms with Gasteiger partial charge in [0.2, 0.25) is 0 Å². The van der Waals surface area contributed by atoms with Crippen LogP contribution in [0.5, 0.6) is 0 Å². The van der Waals surface area contributed by atoms with E-state index in [4.69, 9.17) is 0 Å². The molecule has 2 aromatic carbocycles. The van der Waals surface area contributed by atoms with Crippen LogP contribution in [0.2, 0.25) is 0 Å². The van der Waals surface area contributed by atoms with E-state index in [0.717, 1.165) is 34.9 Å². The molecule has 1 saturated heterocycles. The van der Waals surface area contributed by atoms with Crippen LogP contribution in [0.25, 0.3) is 6.08 Å². The molecule has 0 aliphatic carbocycles. The second kappa shape index (κ2) is 7.83. The maximum Gasteiger partial charge on any atom is 0.293 e. The van der Waals surface area contributed by atoms with Crippen molar-refractivity contribution in [1.29, 1.82) is 0 Å². The molecule has 0 aromatic heterocycles. The zero-order chi connectivity index (χ0) is 22.5. The van der Waals surface area contributed by atoms with Crippen LogP contribution in [0.4, 0.5) is 14.9 Å². The van der Waals surface area contributed by atoms with Crippen molar-refractivity contribution in [3.05, 3.63) is 69.4 Å². The first kappa shape index (κ1) is 21.6. The fourth-order valence-electron chi connectivity index (χ4n) is 4.44. The Morgan fingerprint density at radius 2 is 1.87 bits per heavy atom. The highest BCUT2D eigenvalue weighted by Gasteiger charge is 2.36. The number of aryl methyl sites for hydroxylation is 1. The molecule has 4 rings (SSSR count). The Bertz CT molecular complexity index is 1090. The maximum atomic E-state index is 13.1. The summed E-state index contributed by atoms with van der Waals surface area (Å²) in [6.07, 6.45) is 2.88. The third kappa shape index (κ3) is 4.01. The molecule has 0 spiro atoms. The third-order valence-electron chi connectivity index (χ3n) is 6.44. The summed E-state index contributed by atoms with van der Waals surface area (Å²) in [6, 6.07) is 10.2. The van der Waals surface area contributed by atoms with Crippen molar-refractivity contribution in [2.75, 3.05) is 11.9 Å². The average molecular weight is 439 g/mol. The summed E-state index contributed by atoms with van der Waals surface area (Å²) >= 11 is 0.960. The number of imide groups is 1. The molecule has 6 heteroatoms. The molecule has 2 aromatic rings. The zero-order valence-electron chi connectivity index (χ0n) is 18.5. The topological polar surface area (TPSA) is 40.6 Å². The Balaban J connectivity index is 1.63. The highest BCUT2D eigenvalue weighted by molar-refractivity contribution is 8.18. The lowest BCUT2D eigenvalue weighted by atomic mass is 9.79. The van der Waals surface area contributed by atoms with Crippen LogP contribution in [0.1, 0.15) is 55.4 Å². The number of carbonyl (C=O) groups is 2. The van der Waals surface area contributed by atoms with Gasteiger partial charge in [0.1, 0.15) is 5.82 Å². The number of anilines is 1. The van der Waals surface area contributed by atoms with Crippen LogP contribution in [0.3, 0.4) is 0 Å². The van der Waals surface area contributed by atoms with Crippen molar-refractivity contribution in [2.24, 2.45) is 0 Å². The van der Waals surface area contributed by atoms with Gasteiger partial charge >= 0.3 is 0 Å². The number of thioether (sulfide) groups is 1. The molecule has 162 valence electrons. The van der Waals surface area contributed by atoms with Crippen molar-refractivity contribution >= 4 is 34.7 Å². The van der Waals surface area contributed by atoms with E-state index in [0.29, 0.717) is 10.8 Å². The van der Waals surface area contributed by atoms with Gasteiger partial charge in [-0.3, -0.25) is 14.5 Å². The summed E-state index contributed by atoms with van der Waals surface area (Å²) < 4.78 is 13.1. The number of hydrogen-bond acceptors (Lipinski definition) is 4. The van der Waals surface area contributed by atoms with Crippen molar-refractivity contribution in [2.45, 2.75) is 52.1 Å². The molecule has 0 bridgehead atoms. The van der Waals surface area contributed by atoms with Crippen molar-refractivity contribution in [3.63, 3.8) is 0 Å². The minimum Gasteiger partial charge on any atom is -0.369 e. The van der Waals surface area contributed by atoms with Gasteiger partial charge in [-0.25, -0.2) is 4.39 Å². The van der Waals surface area contributed by atoms with Crippen molar-refractivity contribution in [1.82, 2.24) is 4.90 Å². The smallest absolute Gasteiger partial charge is 0.293 e. The van der Waals surface area contributed by atoms with Crippen LogP contribution < -0.4 is 4.90 Å². The maximum absolute atomic E-state index is 13.1. The summed E-state index contributed by atoms with van der Waals surface area (Å²) in [5.41, 5.74) is 5.33. The molecule has 0 saturated carbocycles.